The van der Waals surface area contributed by atoms with Gasteiger partial charge in [0.1, 0.15) is 5.69 Å². The van der Waals surface area contributed by atoms with Gasteiger partial charge in [-0.2, -0.15) is 13.5 Å². The van der Waals surface area contributed by atoms with E-state index in [4.69, 9.17) is 4.18 Å². The first-order chi connectivity index (χ1) is 9.72. The third-order valence-electron chi connectivity index (χ3n) is 3.45. The lowest BCUT2D eigenvalue weighted by atomic mass is 9.95. The molecule has 0 atom stereocenters. The van der Waals surface area contributed by atoms with Crippen molar-refractivity contribution in [2.75, 3.05) is 0 Å². The summed E-state index contributed by atoms with van der Waals surface area (Å²) in [5.74, 6) is -0.937. The molecule has 1 N–H and O–H groups in total. The van der Waals surface area contributed by atoms with Crippen LogP contribution in [0.25, 0.3) is 11.3 Å². The number of fused-ring (bicyclic) bond motifs is 3. The van der Waals surface area contributed by atoms with Crippen molar-refractivity contribution < 1.29 is 22.5 Å². The Morgan fingerprint density at radius 1 is 1.38 bits per heavy atom. The van der Waals surface area contributed by atoms with Gasteiger partial charge in [-0.3, -0.25) is 4.68 Å². The lowest BCUT2D eigenvalue weighted by Gasteiger charge is -2.21. The molecule has 1 aromatic carbocycles. The van der Waals surface area contributed by atoms with Gasteiger partial charge in [-0.15, -0.1) is 0 Å². The number of hydrogen-bond acceptors (Lipinski definition) is 5. The van der Waals surface area contributed by atoms with E-state index < -0.39 is 16.1 Å². The monoisotopic (exact) mass is 308 g/mol. The van der Waals surface area contributed by atoms with Crippen molar-refractivity contribution in [2.24, 2.45) is 7.05 Å². The number of carboxylic acid groups (broad SMARTS) is 1. The fourth-order valence-corrected chi connectivity index (χ4v) is 3.67. The quantitative estimate of drug-likeness (QED) is 0.801. The van der Waals surface area contributed by atoms with Crippen LogP contribution in [0.3, 0.4) is 0 Å². The highest BCUT2D eigenvalue weighted by molar-refractivity contribution is 7.87. The Hall–Kier alpha value is -2.35. The van der Waals surface area contributed by atoms with Crippen molar-refractivity contribution in [3.05, 3.63) is 29.0 Å². The fourth-order valence-electron chi connectivity index (χ4n) is 2.48. The Morgan fingerprint density at radius 2 is 2.05 bits per heavy atom. The van der Waals surface area contributed by atoms with Gasteiger partial charge in [-0.1, -0.05) is 0 Å². The molecule has 0 saturated heterocycles. The molecule has 0 spiro atoms. The van der Waals surface area contributed by atoms with Crippen LogP contribution >= 0.6 is 0 Å². The van der Waals surface area contributed by atoms with Crippen molar-refractivity contribution in [2.45, 2.75) is 18.7 Å². The zero-order valence-electron chi connectivity index (χ0n) is 11.5. The highest BCUT2D eigenvalue weighted by atomic mass is 32.2. The van der Waals surface area contributed by atoms with E-state index in [0.29, 0.717) is 16.7 Å². The molecular formula is C13H12N2O5S. The second-order valence-corrected chi connectivity index (χ2v) is 6.44. The minimum atomic E-state index is -3.94. The molecule has 110 valence electrons. The number of nitrogens with zero attached hydrogens (tertiary/aromatic N) is 2. The number of hydrogen-bond donors (Lipinski definition) is 1. The summed E-state index contributed by atoms with van der Waals surface area (Å²) in [7, 11) is -2.34. The fraction of sp³-hybridized carbons (Fsp3) is 0.231. The van der Waals surface area contributed by atoms with Crippen LogP contribution in [-0.4, -0.2) is 29.3 Å². The van der Waals surface area contributed by atoms with Crippen molar-refractivity contribution in [3.8, 4) is 17.0 Å². The van der Waals surface area contributed by atoms with Gasteiger partial charge in [0.15, 0.2) is 10.6 Å². The summed E-state index contributed by atoms with van der Waals surface area (Å²) in [4.78, 5) is 11.3. The van der Waals surface area contributed by atoms with Crippen LogP contribution in [-0.2, 0) is 17.2 Å². The van der Waals surface area contributed by atoms with Crippen LogP contribution < -0.4 is 4.18 Å². The molecule has 1 aliphatic heterocycles. The first-order valence-electron chi connectivity index (χ1n) is 6.08. The van der Waals surface area contributed by atoms with Crippen LogP contribution in [0, 0.1) is 13.8 Å². The van der Waals surface area contributed by atoms with Crippen molar-refractivity contribution >= 4 is 16.1 Å². The van der Waals surface area contributed by atoms with Crippen LogP contribution in [0.2, 0.25) is 0 Å². The second-order valence-electron chi connectivity index (χ2n) is 4.93. The number of rotatable bonds is 1. The topological polar surface area (TPSA) is 98.5 Å². The summed E-state index contributed by atoms with van der Waals surface area (Å²) in [6, 6.07) is 1.40. The third kappa shape index (κ3) is 1.83. The Labute approximate surface area is 120 Å². The van der Waals surface area contributed by atoms with Gasteiger partial charge in [0.2, 0.25) is 0 Å². The molecule has 0 radical (unpaired) electrons. The smallest absolute Gasteiger partial charge is 0.343 e. The van der Waals surface area contributed by atoms with Gasteiger partial charge in [0.05, 0.1) is 11.1 Å². The van der Waals surface area contributed by atoms with E-state index in [9.17, 15) is 18.3 Å². The van der Waals surface area contributed by atoms with E-state index in [1.807, 2.05) is 0 Å². The summed E-state index contributed by atoms with van der Waals surface area (Å²) >= 11 is 0. The molecule has 0 fully saturated rings. The van der Waals surface area contributed by atoms with Gasteiger partial charge >= 0.3 is 16.1 Å². The molecule has 3 rings (SSSR count). The Morgan fingerprint density at radius 3 is 2.67 bits per heavy atom. The van der Waals surface area contributed by atoms with Crippen molar-refractivity contribution in [1.82, 2.24) is 9.78 Å². The maximum absolute atomic E-state index is 12.1. The number of carboxylic acids is 1. The molecule has 0 bridgehead atoms. The SMILES string of the molecule is Cc1cc(C(=O)O)c(C)c2c1OS(=O)(=O)c1cn(C)nc1-2. The lowest BCUT2D eigenvalue weighted by Crippen LogP contribution is -2.17. The van der Waals surface area contributed by atoms with E-state index >= 15 is 0 Å². The highest BCUT2D eigenvalue weighted by Gasteiger charge is 2.36. The molecule has 2 heterocycles. The lowest BCUT2D eigenvalue weighted by molar-refractivity contribution is 0.0696. The summed E-state index contributed by atoms with van der Waals surface area (Å²) in [6.07, 6.45) is 1.34. The number of benzene rings is 1. The van der Waals surface area contributed by atoms with E-state index in [0.717, 1.165) is 0 Å². The van der Waals surface area contributed by atoms with Gasteiger partial charge in [0.25, 0.3) is 0 Å². The number of aromatic nitrogens is 2. The highest BCUT2D eigenvalue weighted by Crippen LogP contribution is 2.44. The molecule has 0 aliphatic carbocycles. The average Bonchev–Trinajstić information content (AvgIpc) is 2.75. The Kier molecular flexibility index (Phi) is 2.64. The molecule has 2 aromatic rings. The van der Waals surface area contributed by atoms with E-state index in [2.05, 4.69) is 5.10 Å². The standard InChI is InChI=1S/C13H12N2O5S/c1-6-4-8(13(16)17)7(2)10-11-9(5-15(3)14-11)21(18,19)20-12(6)10/h4-5H,1-3H3,(H,16,17). The Bertz CT molecular complexity index is 896. The minimum Gasteiger partial charge on any atom is -0.478 e. The average molecular weight is 308 g/mol. The van der Waals surface area contributed by atoms with E-state index in [1.165, 1.54) is 16.9 Å². The molecule has 0 unspecified atom stereocenters. The molecule has 7 nitrogen and oxygen atoms in total. The maximum atomic E-state index is 12.1. The summed E-state index contributed by atoms with van der Waals surface area (Å²) in [6.45, 7) is 3.22. The normalized spacial score (nSPS) is 15.0. The second kappa shape index (κ2) is 4.08. The van der Waals surface area contributed by atoms with Crippen molar-refractivity contribution in [3.63, 3.8) is 0 Å². The van der Waals surface area contributed by atoms with Crippen LogP contribution in [0.15, 0.2) is 17.2 Å². The predicted molar refractivity (Wildman–Crippen MR) is 72.9 cm³/mol. The Balaban J connectivity index is 2.47. The van der Waals surface area contributed by atoms with Gasteiger partial charge in [0, 0.05) is 13.2 Å². The first kappa shape index (κ1) is 13.6. The predicted octanol–water partition coefficient (Wildman–Crippen LogP) is 1.48. The molecule has 8 heteroatoms. The zero-order chi connectivity index (χ0) is 15.5. The summed E-state index contributed by atoms with van der Waals surface area (Å²) in [5, 5.41) is 13.4. The molecule has 1 aliphatic rings. The van der Waals surface area contributed by atoms with E-state index in [-0.39, 0.29) is 21.9 Å². The number of aryl methyl sites for hydroxylation is 2. The number of aromatic carboxylic acids is 1. The summed E-state index contributed by atoms with van der Waals surface area (Å²) < 4.78 is 30.8. The molecule has 1 aromatic heterocycles. The largest absolute Gasteiger partial charge is 0.478 e. The minimum absolute atomic E-state index is 0.0532. The van der Waals surface area contributed by atoms with Gasteiger partial charge in [-0.05, 0) is 31.0 Å². The van der Waals surface area contributed by atoms with Gasteiger partial charge in [-0.25, -0.2) is 4.79 Å². The van der Waals surface area contributed by atoms with Crippen LogP contribution in [0.4, 0.5) is 0 Å². The van der Waals surface area contributed by atoms with Crippen LogP contribution in [0.1, 0.15) is 21.5 Å². The first-order valence-corrected chi connectivity index (χ1v) is 7.49. The van der Waals surface area contributed by atoms with Gasteiger partial charge < -0.3 is 9.29 Å². The number of carbonyl (C=O) groups is 1. The zero-order valence-corrected chi connectivity index (χ0v) is 12.4. The van der Waals surface area contributed by atoms with Crippen LogP contribution in [0.5, 0.6) is 5.75 Å². The third-order valence-corrected chi connectivity index (χ3v) is 4.67. The van der Waals surface area contributed by atoms with E-state index in [1.54, 1.807) is 20.9 Å². The summed E-state index contributed by atoms with van der Waals surface area (Å²) in [5.41, 5.74) is 1.61. The molecule has 0 amide bonds. The molecule has 21 heavy (non-hydrogen) atoms. The maximum Gasteiger partial charge on any atom is 0.343 e. The molecular weight excluding hydrogens is 296 g/mol. The van der Waals surface area contributed by atoms with Crippen molar-refractivity contribution in [1.29, 1.82) is 0 Å². The molecule has 0 saturated carbocycles.